The molecule has 0 aromatic carbocycles. The second kappa shape index (κ2) is 3.74. The van der Waals surface area contributed by atoms with E-state index in [1.807, 2.05) is 20.8 Å². The molecule has 1 rings (SSSR count). The number of aryl methyl sites for hydroxylation is 2. The number of nitrogens with zero attached hydrogens (tertiary/aromatic N) is 1. The number of hydrogen-bond acceptors (Lipinski definition) is 2. The minimum atomic E-state index is 0. The van der Waals surface area contributed by atoms with E-state index in [-0.39, 0.29) is 18.4 Å². The average Bonchev–Trinajstić information content (AvgIpc) is 2.11. The highest BCUT2D eigenvalue weighted by atomic mass is 35.5. The molecule has 0 aliphatic heterocycles. The number of nitrogens with one attached hydrogen (secondary N) is 1. The fourth-order valence-corrected chi connectivity index (χ4v) is 1.23. The zero-order valence-electron chi connectivity index (χ0n) is 6.98. The largest absolute Gasteiger partial charge is 1.00 e. The summed E-state index contributed by atoms with van der Waals surface area (Å²) >= 11 is 0. The lowest BCUT2D eigenvalue weighted by Gasteiger charge is -2.03. The van der Waals surface area contributed by atoms with E-state index >= 15 is 0 Å². The molecule has 1 aromatic rings. The van der Waals surface area contributed by atoms with Crippen molar-refractivity contribution in [2.24, 2.45) is 5.73 Å². The van der Waals surface area contributed by atoms with Crippen LogP contribution in [0.5, 0.6) is 0 Å². The maximum absolute atomic E-state index is 5.70. The molecule has 0 aliphatic rings. The molecule has 3 nitrogen and oxygen atoms in total. The summed E-state index contributed by atoms with van der Waals surface area (Å²) in [7, 11) is 0. The molecule has 3 N–H and O–H groups in total. The summed E-state index contributed by atoms with van der Waals surface area (Å²) < 4.78 is 0. The molecular weight excluding hydrogens is 162 g/mol. The standard InChI is InChI=1S/C7H13N3.ClH/c1-4(8)7-5(2)9-10-6(7)3;/h4H,8H2,1-3H3,(H,9,10);1H/p-1. The Bertz CT molecular complexity index is 210. The number of H-pyrrole nitrogens is 1. The normalized spacial score (nSPS) is 12.4. The molecule has 0 saturated carbocycles. The molecule has 1 heterocycles. The van der Waals surface area contributed by atoms with Crippen molar-refractivity contribution in [3.63, 3.8) is 0 Å². The summed E-state index contributed by atoms with van der Waals surface area (Å²) in [5.41, 5.74) is 8.92. The SMILES string of the molecule is Cc1n[nH]c(C)c1C(C)N.[Cl-]. The van der Waals surface area contributed by atoms with Gasteiger partial charge in [0.05, 0.1) is 5.69 Å². The summed E-state index contributed by atoms with van der Waals surface area (Å²) in [6.45, 7) is 5.91. The van der Waals surface area contributed by atoms with E-state index in [2.05, 4.69) is 10.2 Å². The van der Waals surface area contributed by atoms with Gasteiger partial charge in [-0.15, -0.1) is 0 Å². The Kier molecular flexibility index (Phi) is 3.55. The predicted octanol–water partition coefficient (Wildman–Crippen LogP) is -1.95. The molecule has 4 heteroatoms. The second-order valence-corrected chi connectivity index (χ2v) is 2.64. The van der Waals surface area contributed by atoms with Crippen LogP contribution < -0.4 is 18.1 Å². The molecule has 1 aromatic heterocycles. The lowest BCUT2D eigenvalue weighted by molar-refractivity contribution is -0.00000261. The summed E-state index contributed by atoms with van der Waals surface area (Å²) in [6.07, 6.45) is 0. The third-order valence-corrected chi connectivity index (χ3v) is 1.64. The third-order valence-electron chi connectivity index (χ3n) is 1.64. The second-order valence-electron chi connectivity index (χ2n) is 2.64. The van der Waals surface area contributed by atoms with Crippen molar-refractivity contribution in [2.75, 3.05) is 0 Å². The smallest absolute Gasteiger partial charge is 0.0641 e. The van der Waals surface area contributed by atoms with Crippen LogP contribution in [0.25, 0.3) is 0 Å². The molecule has 1 atom stereocenters. The Labute approximate surface area is 72.8 Å². The van der Waals surface area contributed by atoms with Gasteiger partial charge in [0.15, 0.2) is 0 Å². The molecule has 0 amide bonds. The maximum atomic E-state index is 5.70. The lowest BCUT2D eigenvalue weighted by atomic mass is 10.1. The van der Waals surface area contributed by atoms with Crippen LogP contribution in [0.2, 0.25) is 0 Å². The number of aromatic amines is 1. The average molecular weight is 175 g/mol. The first-order valence-corrected chi connectivity index (χ1v) is 3.40. The molecule has 0 bridgehead atoms. The molecule has 1 unspecified atom stereocenters. The Morgan fingerprint density at radius 1 is 1.45 bits per heavy atom. The van der Waals surface area contributed by atoms with Gasteiger partial charge >= 0.3 is 0 Å². The van der Waals surface area contributed by atoms with Crippen LogP contribution in [0, 0.1) is 13.8 Å². The predicted molar refractivity (Wildman–Crippen MR) is 40.7 cm³/mol. The zero-order valence-corrected chi connectivity index (χ0v) is 7.74. The van der Waals surface area contributed by atoms with Gasteiger partial charge in [0.25, 0.3) is 0 Å². The van der Waals surface area contributed by atoms with Crippen LogP contribution >= 0.6 is 0 Å². The fraction of sp³-hybridized carbons (Fsp3) is 0.571. The van der Waals surface area contributed by atoms with E-state index in [0.717, 1.165) is 17.0 Å². The van der Waals surface area contributed by atoms with E-state index in [9.17, 15) is 0 Å². The molecule has 0 saturated heterocycles. The van der Waals surface area contributed by atoms with Crippen LogP contribution in [0.4, 0.5) is 0 Å². The third kappa shape index (κ3) is 1.94. The molecule has 0 spiro atoms. The van der Waals surface area contributed by atoms with Crippen molar-refractivity contribution in [1.29, 1.82) is 0 Å². The first kappa shape index (κ1) is 10.5. The van der Waals surface area contributed by atoms with Gasteiger partial charge in [-0.05, 0) is 20.8 Å². The van der Waals surface area contributed by atoms with Crippen LogP contribution in [-0.4, -0.2) is 10.2 Å². The van der Waals surface area contributed by atoms with Gasteiger partial charge in [-0.25, -0.2) is 0 Å². The molecule has 64 valence electrons. The number of halogens is 1. The Balaban J connectivity index is 0.000001000. The summed E-state index contributed by atoms with van der Waals surface area (Å²) in [5, 5.41) is 6.92. The van der Waals surface area contributed by atoms with E-state index in [0.29, 0.717) is 0 Å². The monoisotopic (exact) mass is 174 g/mol. The number of aromatic nitrogens is 2. The first-order chi connectivity index (χ1) is 4.63. The van der Waals surface area contributed by atoms with Crippen molar-refractivity contribution in [2.45, 2.75) is 26.8 Å². The van der Waals surface area contributed by atoms with Gasteiger partial charge in [-0.2, -0.15) is 5.10 Å². The van der Waals surface area contributed by atoms with Gasteiger partial charge in [-0.1, -0.05) is 0 Å². The zero-order chi connectivity index (χ0) is 7.72. The van der Waals surface area contributed by atoms with Crippen LogP contribution in [-0.2, 0) is 0 Å². The van der Waals surface area contributed by atoms with E-state index in [4.69, 9.17) is 5.73 Å². The van der Waals surface area contributed by atoms with Crippen LogP contribution in [0.3, 0.4) is 0 Å². The first-order valence-electron chi connectivity index (χ1n) is 3.40. The van der Waals surface area contributed by atoms with E-state index < -0.39 is 0 Å². The van der Waals surface area contributed by atoms with Gasteiger partial charge in [0.2, 0.25) is 0 Å². The molecule has 0 aliphatic carbocycles. The van der Waals surface area contributed by atoms with E-state index in [1.165, 1.54) is 0 Å². The van der Waals surface area contributed by atoms with Crippen molar-refractivity contribution < 1.29 is 12.4 Å². The van der Waals surface area contributed by atoms with Crippen LogP contribution in [0.1, 0.15) is 29.9 Å². The van der Waals surface area contributed by atoms with Gasteiger partial charge in [0, 0.05) is 17.3 Å². The van der Waals surface area contributed by atoms with Crippen molar-refractivity contribution in [3.8, 4) is 0 Å². The molecular formula is C7H13ClN3-. The number of hydrogen-bond donors (Lipinski definition) is 2. The van der Waals surface area contributed by atoms with Crippen molar-refractivity contribution >= 4 is 0 Å². The Hall–Kier alpha value is -0.540. The van der Waals surface area contributed by atoms with Gasteiger partial charge in [0.1, 0.15) is 0 Å². The number of rotatable bonds is 1. The minimum absolute atomic E-state index is 0. The van der Waals surface area contributed by atoms with Gasteiger partial charge in [-0.3, -0.25) is 5.10 Å². The maximum Gasteiger partial charge on any atom is 0.0641 e. The van der Waals surface area contributed by atoms with Gasteiger partial charge < -0.3 is 18.1 Å². The number of nitrogens with two attached hydrogens (primary N) is 1. The summed E-state index contributed by atoms with van der Waals surface area (Å²) in [4.78, 5) is 0. The van der Waals surface area contributed by atoms with Crippen molar-refractivity contribution in [3.05, 3.63) is 17.0 Å². The molecule has 11 heavy (non-hydrogen) atoms. The topological polar surface area (TPSA) is 54.7 Å². The highest BCUT2D eigenvalue weighted by Gasteiger charge is 2.08. The molecule has 0 fully saturated rings. The quantitative estimate of drug-likeness (QED) is 0.520. The Morgan fingerprint density at radius 2 is 2.00 bits per heavy atom. The minimum Gasteiger partial charge on any atom is -1.00 e. The molecule has 0 radical (unpaired) electrons. The van der Waals surface area contributed by atoms with E-state index in [1.54, 1.807) is 0 Å². The van der Waals surface area contributed by atoms with Crippen LogP contribution in [0.15, 0.2) is 0 Å². The van der Waals surface area contributed by atoms with Crippen molar-refractivity contribution in [1.82, 2.24) is 10.2 Å². The lowest BCUT2D eigenvalue weighted by Crippen LogP contribution is -3.00. The highest BCUT2D eigenvalue weighted by Crippen LogP contribution is 2.15. The fourth-order valence-electron chi connectivity index (χ4n) is 1.23. The Morgan fingerprint density at radius 3 is 2.18 bits per heavy atom. The summed E-state index contributed by atoms with van der Waals surface area (Å²) in [6, 6.07) is 0.0822. The highest BCUT2D eigenvalue weighted by molar-refractivity contribution is 5.25. The summed E-state index contributed by atoms with van der Waals surface area (Å²) in [5.74, 6) is 0.